The molecule has 0 aliphatic carbocycles. The maximum absolute atomic E-state index is 12.6. The molecule has 0 saturated heterocycles. The molecule has 1 rings (SSSR count). The summed E-state index contributed by atoms with van der Waals surface area (Å²) in [6, 6.07) is 8.48. The lowest BCUT2D eigenvalue weighted by Gasteiger charge is -2.35. The molecule has 25 heavy (non-hydrogen) atoms. The van der Waals surface area contributed by atoms with E-state index in [1.807, 2.05) is 32.0 Å². The van der Waals surface area contributed by atoms with Gasteiger partial charge in [-0.25, -0.2) is 13.1 Å². The van der Waals surface area contributed by atoms with Gasteiger partial charge in [0, 0.05) is 0 Å². The lowest BCUT2D eigenvalue weighted by Crippen LogP contribution is -2.52. The standard InChI is InChI=1S/C20H33NO3S/c1-6-20(22,13-12-16(2)3)19(14-17(4)5)21-25(23,24)15-18-10-8-7-9-11-18/h6-11,16-17,19,21-22H,1,12-15H2,2-5H3/t19-,20?/m0/s1. The first-order chi connectivity index (χ1) is 11.6. The predicted molar refractivity (Wildman–Crippen MR) is 105 cm³/mol. The van der Waals surface area contributed by atoms with Crippen LogP contribution in [0.4, 0.5) is 0 Å². The topological polar surface area (TPSA) is 66.4 Å². The Hall–Kier alpha value is -1.17. The molecule has 2 atom stereocenters. The lowest BCUT2D eigenvalue weighted by molar-refractivity contribution is 0.0358. The molecule has 142 valence electrons. The third-order valence-corrected chi connectivity index (χ3v) is 5.66. The molecule has 0 radical (unpaired) electrons. The van der Waals surface area contributed by atoms with E-state index in [1.165, 1.54) is 6.08 Å². The van der Waals surface area contributed by atoms with Gasteiger partial charge in [0.2, 0.25) is 10.0 Å². The summed E-state index contributed by atoms with van der Waals surface area (Å²) in [4.78, 5) is 0. The molecule has 0 amide bonds. The van der Waals surface area contributed by atoms with Gasteiger partial charge in [0.25, 0.3) is 0 Å². The van der Waals surface area contributed by atoms with Crippen molar-refractivity contribution in [3.8, 4) is 0 Å². The highest BCUT2D eigenvalue weighted by atomic mass is 32.2. The SMILES string of the molecule is C=CC(O)(CCC(C)C)[C@H](CC(C)C)NS(=O)(=O)Cc1ccccc1. The molecule has 0 aliphatic rings. The summed E-state index contributed by atoms with van der Waals surface area (Å²) in [7, 11) is -3.57. The van der Waals surface area contributed by atoms with Gasteiger partial charge in [0.1, 0.15) is 0 Å². The van der Waals surface area contributed by atoms with Gasteiger partial charge in [-0.05, 0) is 36.7 Å². The monoisotopic (exact) mass is 367 g/mol. The van der Waals surface area contributed by atoms with Crippen molar-refractivity contribution in [1.29, 1.82) is 0 Å². The van der Waals surface area contributed by atoms with Crippen molar-refractivity contribution in [2.24, 2.45) is 11.8 Å². The zero-order valence-corrected chi connectivity index (χ0v) is 16.7. The molecule has 0 aromatic heterocycles. The third kappa shape index (κ3) is 7.72. The van der Waals surface area contributed by atoms with Gasteiger partial charge >= 0.3 is 0 Å². The van der Waals surface area contributed by atoms with E-state index < -0.39 is 21.7 Å². The zero-order valence-electron chi connectivity index (χ0n) is 15.9. The normalized spacial score (nSPS) is 16.0. The van der Waals surface area contributed by atoms with Crippen LogP contribution in [0.3, 0.4) is 0 Å². The summed E-state index contributed by atoms with van der Waals surface area (Å²) in [6.45, 7) is 12.0. The van der Waals surface area contributed by atoms with Gasteiger partial charge in [-0.2, -0.15) is 0 Å². The number of nitrogens with one attached hydrogen (secondary N) is 1. The van der Waals surface area contributed by atoms with E-state index in [-0.39, 0.29) is 11.7 Å². The van der Waals surface area contributed by atoms with Gasteiger partial charge in [0.15, 0.2) is 0 Å². The van der Waals surface area contributed by atoms with Crippen LogP contribution < -0.4 is 4.72 Å². The minimum atomic E-state index is -3.57. The zero-order chi connectivity index (χ0) is 19.1. The van der Waals surface area contributed by atoms with E-state index in [1.54, 1.807) is 12.1 Å². The average molecular weight is 368 g/mol. The van der Waals surface area contributed by atoms with Crippen LogP contribution >= 0.6 is 0 Å². The van der Waals surface area contributed by atoms with Crippen molar-refractivity contribution in [2.45, 2.75) is 64.4 Å². The Labute approximate surface area is 153 Å². The van der Waals surface area contributed by atoms with Gasteiger partial charge < -0.3 is 5.11 Å². The van der Waals surface area contributed by atoms with E-state index >= 15 is 0 Å². The Morgan fingerprint density at radius 3 is 2.24 bits per heavy atom. The van der Waals surface area contributed by atoms with Crippen LogP contribution in [0.1, 0.15) is 52.5 Å². The van der Waals surface area contributed by atoms with Crippen molar-refractivity contribution >= 4 is 10.0 Å². The molecule has 1 aromatic rings. The van der Waals surface area contributed by atoms with Crippen molar-refractivity contribution in [3.05, 3.63) is 48.6 Å². The number of rotatable bonds is 11. The molecular formula is C20H33NO3S. The minimum absolute atomic E-state index is 0.0974. The fourth-order valence-corrected chi connectivity index (χ4v) is 4.26. The third-order valence-electron chi connectivity index (χ3n) is 4.31. The van der Waals surface area contributed by atoms with E-state index in [9.17, 15) is 13.5 Å². The summed E-state index contributed by atoms with van der Waals surface area (Å²) in [5.74, 6) is 0.571. The first-order valence-electron chi connectivity index (χ1n) is 8.98. The summed E-state index contributed by atoms with van der Waals surface area (Å²) in [5, 5.41) is 11.1. The van der Waals surface area contributed by atoms with Crippen molar-refractivity contribution in [1.82, 2.24) is 4.72 Å². The van der Waals surface area contributed by atoms with Crippen LogP contribution in [0.25, 0.3) is 0 Å². The van der Waals surface area contributed by atoms with Crippen LogP contribution in [0.2, 0.25) is 0 Å². The summed E-state index contributed by atoms with van der Waals surface area (Å²) in [6.07, 6.45) is 3.33. The highest BCUT2D eigenvalue weighted by Gasteiger charge is 2.36. The molecule has 0 aliphatic heterocycles. The summed E-state index contributed by atoms with van der Waals surface area (Å²) in [5.41, 5.74) is -0.527. The Morgan fingerprint density at radius 1 is 1.16 bits per heavy atom. The summed E-state index contributed by atoms with van der Waals surface area (Å²) >= 11 is 0. The molecule has 0 spiro atoms. The number of aliphatic hydroxyl groups is 1. The fraction of sp³-hybridized carbons (Fsp3) is 0.600. The van der Waals surface area contributed by atoms with Crippen LogP contribution in [-0.2, 0) is 15.8 Å². The molecule has 4 nitrogen and oxygen atoms in total. The van der Waals surface area contributed by atoms with Crippen LogP contribution in [0.5, 0.6) is 0 Å². The van der Waals surface area contributed by atoms with Crippen molar-refractivity contribution < 1.29 is 13.5 Å². The van der Waals surface area contributed by atoms with Crippen LogP contribution in [-0.4, -0.2) is 25.2 Å². The van der Waals surface area contributed by atoms with Crippen molar-refractivity contribution in [3.63, 3.8) is 0 Å². The second-order valence-electron chi connectivity index (χ2n) is 7.67. The second kappa shape index (κ2) is 9.51. The fourth-order valence-electron chi connectivity index (χ4n) is 2.82. The van der Waals surface area contributed by atoms with Crippen LogP contribution in [0.15, 0.2) is 43.0 Å². The highest BCUT2D eigenvalue weighted by molar-refractivity contribution is 7.88. The molecule has 1 unspecified atom stereocenters. The van der Waals surface area contributed by atoms with Gasteiger partial charge in [-0.15, -0.1) is 6.58 Å². The summed E-state index contributed by atoms with van der Waals surface area (Å²) < 4.78 is 28.0. The predicted octanol–water partition coefficient (Wildman–Crippen LogP) is 3.87. The molecule has 5 heteroatoms. The molecule has 2 N–H and O–H groups in total. The van der Waals surface area contributed by atoms with E-state index in [2.05, 4.69) is 25.1 Å². The molecule has 0 saturated carbocycles. The quantitative estimate of drug-likeness (QED) is 0.583. The molecule has 0 heterocycles. The number of sulfonamides is 1. The molecule has 0 fully saturated rings. The first kappa shape index (κ1) is 21.9. The maximum atomic E-state index is 12.6. The highest BCUT2D eigenvalue weighted by Crippen LogP contribution is 2.27. The van der Waals surface area contributed by atoms with E-state index in [0.29, 0.717) is 18.8 Å². The Kier molecular flexibility index (Phi) is 8.32. The average Bonchev–Trinajstić information content (AvgIpc) is 2.51. The molecular weight excluding hydrogens is 334 g/mol. The van der Waals surface area contributed by atoms with Crippen LogP contribution in [0, 0.1) is 11.8 Å². The number of hydrogen-bond acceptors (Lipinski definition) is 3. The van der Waals surface area contributed by atoms with Gasteiger partial charge in [0.05, 0.1) is 17.4 Å². The molecule has 1 aromatic carbocycles. The largest absolute Gasteiger partial charge is 0.384 e. The molecule has 0 bridgehead atoms. The van der Waals surface area contributed by atoms with Crippen molar-refractivity contribution in [2.75, 3.05) is 0 Å². The Balaban J connectivity index is 2.98. The number of benzene rings is 1. The first-order valence-corrected chi connectivity index (χ1v) is 10.6. The van der Waals surface area contributed by atoms with Gasteiger partial charge in [-0.1, -0.05) is 64.1 Å². The smallest absolute Gasteiger partial charge is 0.216 e. The number of hydrogen-bond donors (Lipinski definition) is 2. The van der Waals surface area contributed by atoms with Gasteiger partial charge in [-0.3, -0.25) is 0 Å². The maximum Gasteiger partial charge on any atom is 0.216 e. The Bertz CT molecular complexity index is 626. The lowest BCUT2D eigenvalue weighted by atomic mass is 9.83. The van der Waals surface area contributed by atoms with E-state index in [0.717, 1.165) is 12.0 Å². The Morgan fingerprint density at radius 2 is 1.76 bits per heavy atom. The second-order valence-corrected chi connectivity index (χ2v) is 9.43. The van der Waals surface area contributed by atoms with E-state index in [4.69, 9.17) is 0 Å². The minimum Gasteiger partial charge on any atom is -0.384 e.